The van der Waals surface area contributed by atoms with Crippen molar-refractivity contribution in [2.24, 2.45) is 0 Å². The van der Waals surface area contributed by atoms with Crippen LogP contribution in [0.1, 0.15) is 26.5 Å². The summed E-state index contributed by atoms with van der Waals surface area (Å²) < 4.78 is 12.8. The normalized spacial score (nSPS) is 11.8. The van der Waals surface area contributed by atoms with E-state index >= 15 is 0 Å². The molecule has 0 N–H and O–H groups in total. The highest BCUT2D eigenvalue weighted by Crippen LogP contribution is 2.22. The van der Waals surface area contributed by atoms with Gasteiger partial charge in [-0.2, -0.15) is 0 Å². The number of halogens is 2. The zero-order valence-corrected chi connectivity index (χ0v) is 8.11. The van der Waals surface area contributed by atoms with E-state index in [-0.39, 0.29) is 16.4 Å². The summed E-state index contributed by atoms with van der Waals surface area (Å²) >= 11 is 5.61. The van der Waals surface area contributed by atoms with Crippen LogP contribution in [0.4, 0.5) is 4.39 Å². The number of rotatable bonds is 0. The summed E-state index contributed by atoms with van der Waals surface area (Å²) in [5.41, 5.74) is 0.513. The van der Waals surface area contributed by atoms with E-state index in [9.17, 15) is 4.39 Å². The van der Waals surface area contributed by atoms with Gasteiger partial charge < -0.3 is 0 Å². The first kappa shape index (κ1) is 9.46. The van der Waals surface area contributed by atoms with Crippen LogP contribution in [-0.4, -0.2) is 4.98 Å². The van der Waals surface area contributed by atoms with Crippen LogP contribution in [-0.2, 0) is 5.41 Å². The van der Waals surface area contributed by atoms with Crippen molar-refractivity contribution < 1.29 is 4.39 Å². The Kier molecular flexibility index (Phi) is 2.38. The van der Waals surface area contributed by atoms with Crippen molar-refractivity contribution >= 4 is 11.6 Å². The topological polar surface area (TPSA) is 12.9 Å². The zero-order chi connectivity index (χ0) is 9.35. The molecule has 66 valence electrons. The molecule has 3 heteroatoms. The quantitative estimate of drug-likeness (QED) is 0.569. The Balaban J connectivity index is 3.18. The van der Waals surface area contributed by atoms with E-state index in [4.69, 9.17) is 11.6 Å². The monoisotopic (exact) mass is 187 g/mol. The average molecular weight is 188 g/mol. The lowest BCUT2D eigenvalue weighted by atomic mass is 9.92. The minimum Gasteiger partial charge on any atom is -0.240 e. The summed E-state index contributed by atoms with van der Waals surface area (Å²) in [6, 6.07) is 2.61. The van der Waals surface area contributed by atoms with Crippen molar-refractivity contribution in [3.63, 3.8) is 0 Å². The molecule has 0 fully saturated rings. The van der Waals surface area contributed by atoms with E-state index in [1.807, 2.05) is 20.8 Å². The lowest BCUT2D eigenvalue weighted by Gasteiger charge is -2.17. The Hall–Kier alpha value is -0.630. The lowest BCUT2D eigenvalue weighted by molar-refractivity contribution is 0.552. The number of hydrogen-bond donors (Lipinski definition) is 0. The van der Waals surface area contributed by atoms with E-state index in [1.165, 1.54) is 12.1 Å². The molecule has 1 nitrogen and oxygen atoms in total. The molecule has 0 aromatic carbocycles. The van der Waals surface area contributed by atoms with Crippen LogP contribution < -0.4 is 0 Å². The number of pyridine rings is 1. The minimum atomic E-state index is -0.333. The smallest absolute Gasteiger partial charge is 0.132 e. The Morgan fingerprint density at radius 3 is 2.33 bits per heavy atom. The van der Waals surface area contributed by atoms with E-state index in [1.54, 1.807) is 0 Å². The molecule has 0 unspecified atom stereocenters. The molecule has 0 radical (unpaired) electrons. The molecule has 1 rings (SSSR count). The van der Waals surface area contributed by atoms with Crippen LogP contribution in [0.15, 0.2) is 12.1 Å². The SMILES string of the molecule is CC(C)(C)c1cc(F)cc(Cl)n1. The molecule has 0 saturated carbocycles. The highest BCUT2D eigenvalue weighted by atomic mass is 35.5. The molecule has 1 heterocycles. The minimum absolute atomic E-state index is 0.161. The fourth-order valence-corrected chi connectivity index (χ4v) is 1.05. The van der Waals surface area contributed by atoms with Gasteiger partial charge in [0.05, 0.1) is 5.69 Å². The molecular formula is C9H11ClFN. The van der Waals surface area contributed by atoms with Gasteiger partial charge in [0.1, 0.15) is 11.0 Å². The third-order valence-corrected chi connectivity index (χ3v) is 1.72. The van der Waals surface area contributed by atoms with Crippen LogP contribution >= 0.6 is 11.6 Å². The van der Waals surface area contributed by atoms with E-state index in [2.05, 4.69) is 4.98 Å². The first-order valence-electron chi connectivity index (χ1n) is 3.73. The standard InChI is InChI=1S/C9H11ClFN/c1-9(2,3)7-4-6(11)5-8(10)12-7/h4-5H,1-3H3. The maximum atomic E-state index is 12.8. The zero-order valence-electron chi connectivity index (χ0n) is 7.36. The van der Waals surface area contributed by atoms with Crippen molar-refractivity contribution in [3.8, 4) is 0 Å². The van der Waals surface area contributed by atoms with Crippen molar-refractivity contribution in [1.82, 2.24) is 4.98 Å². The van der Waals surface area contributed by atoms with Crippen LogP contribution in [0, 0.1) is 5.82 Å². The Labute approximate surface area is 76.6 Å². The highest BCUT2D eigenvalue weighted by molar-refractivity contribution is 6.29. The summed E-state index contributed by atoms with van der Waals surface area (Å²) in [7, 11) is 0. The van der Waals surface area contributed by atoms with Gasteiger partial charge in [0.25, 0.3) is 0 Å². The number of aromatic nitrogens is 1. The summed E-state index contributed by atoms with van der Waals surface area (Å²) in [4.78, 5) is 4.03. The van der Waals surface area contributed by atoms with E-state index < -0.39 is 0 Å². The molecule has 1 aromatic heterocycles. The summed E-state index contributed by atoms with van der Waals surface area (Å²) in [6.45, 7) is 5.89. The molecule has 0 aliphatic rings. The van der Waals surface area contributed by atoms with Crippen molar-refractivity contribution in [1.29, 1.82) is 0 Å². The molecule has 0 spiro atoms. The van der Waals surface area contributed by atoms with Gasteiger partial charge in [0, 0.05) is 11.5 Å². The predicted molar refractivity (Wildman–Crippen MR) is 47.9 cm³/mol. The predicted octanol–water partition coefficient (Wildman–Crippen LogP) is 3.17. The molecule has 0 aliphatic heterocycles. The number of nitrogens with zero attached hydrogens (tertiary/aromatic N) is 1. The first-order chi connectivity index (χ1) is 5.39. The van der Waals surface area contributed by atoms with Gasteiger partial charge in [0.2, 0.25) is 0 Å². The van der Waals surface area contributed by atoms with Gasteiger partial charge in [-0.25, -0.2) is 9.37 Å². The van der Waals surface area contributed by atoms with Gasteiger partial charge in [-0.15, -0.1) is 0 Å². The molecular weight excluding hydrogens is 177 g/mol. The second-order valence-electron chi connectivity index (χ2n) is 3.74. The van der Waals surface area contributed by atoms with Gasteiger partial charge >= 0.3 is 0 Å². The third-order valence-electron chi connectivity index (χ3n) is 1.53. The lowest BCUT2D eigenvalue weighted by Crippen LogP contribution is -2.13. The molecule has 1 aromatic rings. The van der Waals surface area contributed by atoms with Crippen LogP contribution in [0.25, 0.3) is 0 Å². The van der Waals surface area contributed by atoms with Crippen molar-refractivity contribution in [3.05, 3.63) is 28.8 Å². The van der Waals surface area contributed by atoms with Crippen LogP contribution in [0.2, 0.25) is 5.15 Å². The fraction of sp³-hybridized carbons (Fsp3) is 0.444. The maximum Gasteiger partial charge on any atom is 0.132 e. The van der Waals surface area contributed by atoms with Gasteiger partial charge in [-0.1, -0.05) is 32.4 Å². The second kappa shape index (κ2) is 3.02. The van der Waals surface area contributed by atoms with Gasteiger partial charge in [-0.3, -0.25) is 0 Å². The van der Waals surface area contributed by atoms with E-state index in [0.29, 0.717) is 5.69 Å². The Bertz CT molecular complexity index is 271. The first-order valence-corrected chi connectivity index (χ1v) is 4.11. The second-order valence-corrected chi connectivity index (χ2v) is 4.13. The van der Waals surface area contributed by atoms with Crippen molar-refractivity contribution in [2.75, 3.05) is 0 Å². The van der Waals surface area contributed by atoms with Crippen LogP contribution in [0.5, 0.6) is 0 Å². The molecule has 0 aliphatic carbocycles. The van der Waals surface area contributed by atoms with Crippen LogP contribution in [0.3, 0.4) is 0 Å². The fourth-order valence-electron chi connectivity index (χ4n) is 0.850. The largest absolute Gasteiger partial charge is 0.240 e. The molecule has 0 bridgehead atoms. The molecule has 0 atom stereocenters. The number of hydrogen-bond acceptors (Lipinski definition) is 1. The summed E-state index contributed by atoms with van der Waals surface area (Å²) in [6.07, 6.45) is 0. The summed E-state index contributed by atoms with van der Waals surface area (Å²) in [5.74, 6) is -0.333. The van der Waals surface area contributed by atoms with Crippen molar-refractivity contribution in [2.45, 2.75) is 26.2 Å². The average Bonchev–Trinajstić information content (AvgIpc) is 1.82. The Morgan fingerprint density at radius 2 is 1.92 bits per heavy atom. The van der Waals surface area contributed by atoms with Gasteiger partial charge in [-0.05, 0) is 6.07 Å². The molecule has 0 saturated heterocycles. The molecule has 12 heavy (non-hydrogen) atoms. The maximum absolute atomic E-state index is 12.8. The third kappa shape index (κ3) is 2.18. The summed E-state index contributed by atoms with van der Waals surface area (Å²) in [5, 5.41) is 0.208. The highest BCUT2D eigenvalue weighted by Gasteiger charge is 2.16. The van der Waals surface area contributed by atoms with E-state index in [0.717, 1.165) is 0 Å². The van der Waals surface area contributed by atoms with Gasteiger partial charge in [0.15, 0.2) is 0 Å². The molecule has 0 amide bonds. The Morgan fingerprint density at radius 1 is 1.33 bits per heavy atom.